The van der Waals surface area contributed by atoms with Crippen LogP contribution in [0.1, 0.15) is 22.8 Å². The van der Waals surface area contributed by atoms with E-state index in [1.54, 1.807) is 25.3 Å². The number of carbonyl (C=O) groups is 1. The molecule has 0 saturated heterocycles. The van der Waals surface area contributed by atoms with Crippen molar-refractivity contribution in [2.45, 2.75) is 6.92 Å². The van der Waals surface area contributed by atoms with Crippen molar-refractivity contribution in [3.05, 3.63) is 59.2 Å². The van der Waals surface area contributed by atoms with Gasteiger partial charge in [-0.1, -0.05) is 12.1 Å². The van der Waals surface area contributed by atoms with E-state index in [-0.39, 0.29) is 12.4 Å². The molecular formula is C19H18O4. The fraction of sp³-hybridized carbons (Fsp3) is 0.211. The highest BCUT2D eigenvalue weighted by Crippen LogP contribution is 2.31. The predicted octanol–water partition coefficient (Wildman–Crippen LogP) is 3.75. The van der Waals surface area contributed by atoms with Gasteiger partial charge in [0.25, 0.3) is 0 Å². The van der Waals surface area contributed by atoms with E-state index in [0.29, 0.717) is 29.2 Å². The van der Waals surface area contributed by atoms with E-state index >= 15 is 0 Å². The van der Waals surface area contributed by atoms with Crippen molar-refractivity contribution in [3.63, 3.8) is 0 Å². The lowest BCUT2D eigenvalue weighted by molar-refractivity contribution is 0.100. The molecule has 2 aromatic rings. The summed E-state index contributed by atoms with van der Waals surface area (Å²) in [6, 6.07) is 12.9. The molecule has 3 rings (SSSR count). The van der Waals surface area contributed by atoms with Crippen LogP contribution in [-0.4, -0.2) is 26.1 Å². The quantitative estimate of drug-likeness (QED) is 0.807. The Balaban J connectivity index is 1.87. The monoisotopic (exact) mass is 310 g/mol. The maximum absolute atomic E-state index is 12.6. The molecule has 2 aromatic carbocycles. The van der Waals surface area contributed by atoms with Crippen molar-refractivity contribution in [1.82, 2.24) is 0 Å². The van der Waals surface area contributed by atoms with Crippen molar-refractivity contribution in [1.29, 1.82) is 0 Å². The summed E-state index contributed by atoms with van der Waals surface area (Å²) in [5.41, 5.74) is 2.09. The third-order valence-electron chi connectivity index (χ3n) is 3.64. The molecule has 23 heavy (non-hydrogen) atoms. The van der Waals surface area contributed by atoms with Crippen LogP contribution in [0.3, 0.4) is 0 Å². The molecule has 0 N–H and O–H groups in total. The van der Waals surface area contributed by atoms with Crippen LogP contribution in [0.4, 0.5) is 0 Å². The Hall–Kier alpha value is -2.75. The summed E-state index contributed by atoms with van der Waals surface area (Å²) in [6.07, 6.45) is 1.85. The number of benzene rings is 2. The van der Waals surface area contributed by atoms with E-state index in [1.807, 2.05) is 37.3 Å². The van der Waals surface area contributed by atoms with Gasteiger partial charge >= 0.3 is 0 Å². The van der Waals surface area contributed by atoms with Gasteiger partial charge in [-0.15, -0.1) is 0 Å². The zero-order chi connectivity index (χ0) is 16.2. The molecular weight excluding hydrogens is 292 g/mol. The minimum absolute atomic E-state index is 0.0287. The third kappa shape index (κ3) is 3.21. The van der Waals surface area contributed by atoms with Gasteiger partial charge in [0.05, 0.1) is 19.3 Å². The molecule has 4 nitrogen and oxygen atoms in total. The van der Waals surface area contributed by atoms with Crippen molar-refractivity contribution < 1.29 is 19.0 Å². The largest absolute Gasteiger partial charge is 0.497 e. The van der Waals surface area contributed by atoms with Crippen LogP contribution in [0.25, 0.3) is 6.08 Å². The first-order valence-electron chi connectivity index (χ1n) is 7.50. The van der Waals surface area contributed by atoms with Crippen LogP contribution in [0.15, 0.2) is 48.0 Å². The van der Waals surface area contributed by atoms with Crippen LogP contribution in [-0.2, 0) is 0 Å². The molecule has 0 radical (unpaired) electrons. The average Bonchev–Trinajstić information content (AvgIpc) is 2.59. The van der Waals surface area contributed by atoms with Gasteiger partial charge in [0.2, 0.25) is 0 Å². The van der Waals surface area contributed by atoms with Gasteiger partial charge in [-0.3, -0.25) is 4.79 Å². The Morgan fingerprint density at radius 1 is 1.13 bits per heavy atom. The molecule has 118 valence electrons. The second-order valence-electron chi connectivity index (χ2n) is 5.15. The summed E-state index contributed by atoms with van der Waals surface area (Å²) >= 11 is 0. The molecule has 0 spiro atoms. The Labute approximate surface area is 135 Å². The van der Waals surface area contributed by atoms with E-state index in [9.17, 15) is 4.79 Å². The van der Waals surface area contributed by atoms with Crippen LogP contribution in [0.5, 0.6) is 17.2 Å². The van der Waals surface area contributed by atoms with E-state index in [4.69, 9.17) is 14.2 Å². The molecule has 0 bridgehead atoms. The number of hydrogen-bond acceptors (Lipinski definition) is 4. The van der Waals surface area contributed by atoms with Gasteiger partial charge in [-0.05, 0) is 48.9 Å². The van der Waals surface area contributed by atoms with Gasteiger partial charge in [0.15, 0.2) is 5.78 Å². The summed E-state index contributed by atoms with van der Waals surface area (Å²) in [7, 11) is 1.58. The lowest BCUT2D eigenvalue weighted by Crippen LogP contribution is -2.19. The minimum atomic E-state index is -0.0287. The molecule has 0 saturated carbocycles. The van der Waals surface area contributed by atoms with Crippen LogP contribution >= 0.6 is 0 Å². The predicted molar refractivity (Wildman–Crippen MR) is 88.4 cm³/mol. The molecule has 0 amide bonds. The van der Waals surface area contributed by atoms with Gasteiger partial charge in [0.1, 0.15) is 23.9 Å². The molecule has 0 aliphatic carbocycles. The number of ether oxygens (including phenoxy) is 3. The second-order valence-corrected chi connectivity index (χ2v) is 5.15. The van der Waals surface area contributed by atoms with E-state index in [1.165, 1.54) is 0 Å². The molecule has 0 unspecified atom stereocenters. The topological polar surface area (TPSA) is 44.8 Å². The molecule has 0 atom stereocenters. The molecule has 0 aromatic heterocycles. The lowest BCUT2D eigenvalue weighted by atomic mass is 9.98. The second kappa shape index (κ2) is 6.57. The summed E-state index contributed by atoms with van der Waals surface area (Å²) in [5, 5.41) is 0. The summed E-state index contributed by atoms with van der Waals surface area (Å²) in [6.45, 7) is 2.84. The number of ketones is 1. The van der Waals surface area contributed by atoms with Gasteiger partial charge in [-0.25, -0.2) is 0 Å². The van der Waals surface area contributed by atoms with Gasteiger partial charge < -0.3 is 14.2 Å². The highest BCUT2D eigenvalue weighted by Gasteiger charge is 2.23. The maximum atomic E-state index is 12.6. The highest BCUT2D eigenvalue weighted by atomic mass is 16.5. The fourth-order valence-electron chi connectivity index (χ4n) is 2.47. The molecule has 0 fully saturated rings. The number of fused-ring (bicyclic) bond motifs is 1. The Bertz CT molecular complexity index is 744. The van der Waals surface area contributed by atoms with Crippen LogP contribution in [0.2, 0.25) is 0 Å². The minimum Gasteiger partial charge on any atom is -0.497 e. The standard InChI is InChI=1S/C19H18O4/c1-3-22-15-6-4-13(5-7-15)10-14-12-23-18-9-8-16(21-2)11-17(18)19(14)20/h4-11H,3,12H2,1-2H3. The maximum Gasteiger partial charge on any atom is 0.196 e. The van der Waals surface area contributed by atoms with E-state index in [0.717, 1.165) is 11.3 Å². The molecule has 1 aliphatic heterocycles. The number of hydrogen-bond donors (Lipinski definition) is 0. The third-order valence-corrected chi connectivity index (χ3v) is 3.64. The number of Topliss-reactive ketones (excluding diaryl/α,β-unsaturated/α-hetero) is 1. The summed E-state index contributed by atoms with van der Waals surface area (Å²) in [4.78, 5) is 12.6. The van der Waals surface area contributed by atoms with Crippen molar-refractivity contribution >= 4 is 11.9 Å². The molecule has 4 heteroatoms. The molecule has 1 heterocycles. The number of methoxy groups -OCH3 is 1. The van der Waals surface area contributed by atoms with Gasteiger partial charge in [0, 0.05) is 5.57 Å². The van der Waals surface area contributed by atoms with Crippen molar-refractivity contribution in [3.8, 4) is 17.2 Å². The van der Waals surface area contributed by atoms with Crippen LogP contribution < -0.4 is 14.2 Å². The number of carbonyl (C=O) groups excluding carboxylic acids is 1. The zero-order valence-electron chi connectivity index (χ0n) is 13.2. The molecule has 1 aliphatic rings. The Kier molecular flexibility index (Phi) is 4.33. The SMILES string of the molecule is CCOc1ccc(C=C2COc3ccc(OC)cc3C2=O)cc1. The summed E-state index contributed by atoms with van der Waals surface area (Å²) < 4.78 is 16.3. The average molecular weight is 310 g/mol. The van der Waals surface area contributed by atoms with Crippen molar-refractivity contribution in [2.24, 2.45) is 0 Å². The Morgan fingerprint density at radius 3 is 2.57 bits per heavy atom. The first-order chi connectivity index (χ1) is 11.2. The van der Waals surface area contributed by atoms with Crippen LogP contribution in [0, 0.1) is 0 Å². The highest BCUT2D eigenvalue weighted by molar-refractivity contribution is 6.14. The van der Waals surface area contributed by atoms with E-state index in [2.05, 4.69) is 0 Å². The smallest absolute Gasteiger partial charge is 0.196 e. The number of rotatable bonds is 4. The fourth-order valence-corrected chi connectivity index (χ4v) is 2.47. The van der Waals surface area contributed by atoms with Crippen molar-refractivity contribution in [2.75, 3.05) is 20.3 Å². The first-order valence-corrected chi connectivity index (χ1v) is 7.50. The zero-order valence-corrected chi connectivity index (χ0v) is 13.2. The Morgan fingerprint density at radius 2 is 1.87 bits per heavy atom. The normalized spacial score (nSPS) is 15.0. The summed E-state index contributed by atoms with van der Waals surface area (Å²) in [5.74, 6) is 2.03. The van der Waals surface area contributed by atoms with E-state index < -0.39 is 0 Å². The first kappa shape index (κ1) is 15.2. The van der Waals surface area contributed by atoms with Gasteiger partial charge in [-0.2, -0.15) is 0 Å². The lowest BCUT2D eigenvalue weighted by Gasteiger charge is -2.19.